The number of rotatable bonds is 3. The molecule has 1 amide bonds. The summed E-state index contributed by atoms with van der Waals surface area (Å²) in [4.78, 5) is 37.7. The van der Waals surface area contributed by atoms with Gasteiger partial charge in [-0.1, -0.05) is 0 Å². The van der Waals surface area contributed by atoms with Crippen molar-refractivity contribution in [2.45, 2.75) is 33.3 Å². The molecule has 0 aliphatic rings. The fourth-order valence-electron chi connectivity index (χ4n) is 2.09. The molecule has 0 fully saturated rings. The van der Waals surface area contributed by atoms with Crippen LogP contribution >= 0.6 is 0 Å². The van der Waals surface area contributed by atoms with Crippen molar-refractivity contribution >= 4 is 17.7 Å². The van der Waals surface area contributed by atoms with Gasteiger partial charge in [-0.2, -0.15) is 0 Å². The van der Waals surface area contributed by atoms with Crippen LogP contribution in [-0.2, 0) is 9.47 Å². The lowest BCUT2D eigenvalue weighted by Gasteiger charge is -2.24. The number of aryl methyl sites for hydroxylation is 1. The van der Waals surface area contributed by atoms with E-state index in [4.69, 9.17) is 4.74 Å². The van der Waals surface area contributed by atoms with Gasteiger partial charge >= 0.3 is 12.1 Å². The molecule has 8 nitrogen and oxygen atoms in total. The van der Waals surface area contributed by atoms with Gasteiger partial charge in [-0.05, 0) is 39.3 Å². The van der Waals surface area contributed by atoms with Gasteiger partial charge in [0.05, 0.1) is 25.2 Å². The second-order valence-electron chi connectivity index (χ2n) is 6.69. The molecule has 138 valence electrons. The second-order valence-corrected chi connectivity index (χ2v) is 6.69. The number of hydrogen-bond donors (Lipinski definition) is 0. The Morgan fingerprint density at radius 3 is 2.19 bits per heavy atom. The maximum Gasteiger partial charge on any atom is 0.414 e. The molecular weight excluding hydrogens is 336 g/mol. The highest BCUT2D eigenvalue weighted by atomic mass is 16.6. The lowest BCUT2D eigenvalue weighted by atomic mass is 10.1. The molecule has 0 bridgehead atoms. The molecular formula is C18H22N4O4. The van der Waals surface area contributed by atoms with Crippen LogP contribution in [0, 0.1) is 6.92 Å². The Hall–Kier alpha value is -3.03. The van der Waals surface area contributed by atoms with Crippen LogP contribution in [0.3, 0.4) is 0 Å². The van der Waals surface area contributed by atoms with Gasteiger partial charge < -0.3 is 9.47 Å². The van der Waals surface area contributed by atoms with Gasteiger partial charge in [-0.15, -0.1) is 0 Å². The second kappa shape index (κ2) is 7.47. The largest absolute Gasteiger partial charge is 0.464 e. The Bertz CT molecular complexity index is 813. The Morgan fingerprint density at radius 1 is 1.08 bits per heavy atom. The van der Waals surface area contributed by atoms with Crippen LogP contribution in [0.15, 0.2) is 24.7 Å². The molecule has 0 aliphatic heterocycles. The van der Waals surface area contributed by atoms with Gasteiger partial charge in [0.1, 0.15) is 5.60 Å². The van der Waals surface area contributed by atoms with Crippen LogP contribution in [0.4, 0.5) is 10.5 Å². The molecule has 0 radical (unpaired) electrons. The zero-order valence-electron chi connectivity index (χ0n) is 15.7. The summed E-state index contributed by atoms with van der Waals surface area (Å²) in [6.07, 6.45) is 4.06. The van der Waals surface area contributed by atoms with Gasteiger partial charge in [-0.25, -0.2) is 24.5 Å². The van der Waals surface area contributed by atoms with E-state index in [1.807, 2.05) is 0 Å². The number of hydrogen-bond acceptors (Lipinski definition) is 7. The summed E-state index contributed by atoms with van der Waals surface area (Å²) in [6.45, 7) is 7.15. The first-order valence-electron chi connectivity index (χ1n) is 7.96. The zero-order valence-corrected chi connectivity index (χ0v) is 15.7. The van der Waals surface area contributed by atoms with E-state index in [0.717, 1.165) is 0 Å². The van der Waals surface area contributed by atoms with Crippen molar-refractivity contribution in [3.8, 4) is 11.4 Å². The van der Waals surface area contributed by atoms with Crippen LogP contribution in [0.5, 0.6) is 0 Å². The minimum atomic E-state index is -0.587. The normalized spacial score (nSPS) is 11.0. The Morgan fingerprint density at radius 2 is 1.69 bits per heavy atom. The summed E-state index contributed by atoms with van der Waals surface area (Å²) in [5.74, 6) is -0.0670. The molecule has 0 aromatic carbocycles. The monoisotopic (exact) mass is 358 g/mol. The summed E-state index contributed by atoms with van der Waals surface area (Å²) in [5.41, 5.74) is 1.47. The number of nitrogens with zero attached hydrogens (tertiary/aromatic N) is 4. The quantitative estimate of drug-likeness (QED) is 0.778. The molecule has 26 heavy (non-hydrogen) atoms. The number of esters is 1. The highest BCUT2D eigenvalue weighted by Crippen LogP contribution is 2.20. The van der Waals surface area contributed by atoms with E-state index in [0.29, 0.717) is 22.6 Å². The van der Waals surface area contributed by atoms with Gasteiger partial charge in [0.15, 0.2) is 11.5 Å². The predicted octanol–water partition coefficient (Wildman–Crippen LogP) is 3.00. The summed E-state index contributed by atoms with van der Waals surface area (Å²) < 4.78 is 9.99. The fourth-order valence-corrected chi connectivity index (χ4v) is 2.09. The number of methoxy groups -OCH3 is 1. The van der Waals surface area contributed by atoms with Gasteiger partial charge in [0.2, 0.25) is 0 Å². The van der Waals surface area contributed by atoms with Crippen LogP contribution < -0.4 is 4.90 Å². The molecule has 0 aliphatic carbocycles. The average molecular weight is 358 g/mol. The molecule has 2 aromatic rings. The molecule has 0 N–H and O–H groups in total. The third kappa shape index (κ3) is 4.53. The lowest BCUT2D eigenvalue weighted by molar-refractivity contribution is 0.0581. The first-order chi connectivity index (χ1) is 12.1. The highest BCUT2D eigenvalue weighted by molar-refractivity contribution is 5.89. The minimum absolute atomic E-state index is 0.248. The van der Waals surface area contributed by atoms with Crippen LogP contribution in [0.2, 0.25) is 0 Å². The number of ether oxygens (including phenoxy) is 2. The van der Waals surface area contributed by atoms with Crippen molar-refractivity contribution in [1.82, 2.24) is 15.0 Å². The van der Waals surface area contributed by atoms with Gasteiger partial charge in [-0.3, -0.25) is 4.90 Å². The smallest absolute Gasteiger partial charge is 0.414 e. The van der Waals surface area contributed by atoms with E-state index < -0.39 is 17.7 Å². The maximum absolute atomic E-state index is 12.1. The summed E-state index contributed by atoms with van der Waals surface area (Å²) in [7, 11) is 2.89. The first kappa shape index (κ1) is 19.3. The lowest BCUT2D eigenvalue weighted by Crippen LogP contribution is -2.34. The van der Waals surface area contributed by atoms with Crippen molar-refractivity contribution in [2.75, 3.05) is 19.1 Å². The number of aromatic nitrogens is 3. The standard InChI is InChI=1S/C18H22N4O4/c1-11-7-12(8-19-14(11)16(23)25-6)15-20-9-13(10-21-15)22(5)17(24)26-18(2,3)4/h7-10H,1-6H3. The SMILES string of the molecule is COC(=O)c1ncc(-c2ncc(N(C)C(=O)OC(C)(C)C)cn2)cc1C. The molecule has 2 rings (SSSR count). The van der Waals surface area contributed by atoms with E-state index in [9.17, 15) is 9.59 Å². The van der Waals surface area contributed by atoms with Crippen molar-refractivity contribution in [2.24, 2.45) is 0 Å². The Kier molecular flexibility index (Phi) is 5.54. The topological polar surface area (TPSA) is 94.5 Å². The molecule has 8 heteroatoms. The van der Waals surface area contributed by atoms with E-state index in [1.54, 1.807) is 40.8 Å². The van der Waals surface area contributed by atoms with Gasteiger partial charge in [0, 0.05) is 18.8 Å². The van der Waals surface area contributed by atoms with Crippen molar-refractivity contribution in [3.05, 3.63) is 35.9 Å². The molecule has 0 atom stereocenters. The number of amides is 1. The molecule has 2 aromatic heterocycles. The zero-order chi connectivity index (χ0) is 19.5. The number of carbonyl (C=O) groups is 2. The number of anilines is 1. The first-order valence-corrected chi connectivity index (χ1v) is 7.96. The maximum atomic E-state index is 12.1. The van der Waals surface area contributed by atoms with Gasteiger partial charge in [0.25, 0.3) is 0 Å². The molecule has 0 spiro atoms. The Labute approximate surface area is 152 Å². The van der Waals surface area contributed by atoms with Crippen molar-refractivity contribution < 1.29 is 19.1 Å². The highest BCUT2D eigenvalue weighted by Gasteiger charge is 2.21. The summed E-state index contributed by atoms with van der Waals surface area (Å²) in [5, 5.41) is 0. The summed E-state index contributed by atoms with van der Waals surface area (Å²) >= 11 is 0. The van der Waals surface area contributed by atoms with E-state index >= 15 is 0 Å². The van der Waals surface area contributed by atoms with E-state index in [2.05, 4.69) is 19.7 Å². The van der Waals surface area contributed by atoms with Crippen LogP contribution in [0.1, 0.15) is 36.8 Å². The molecule has 0 saturated carbocycles. The minimum Gasteiger partial charge on any atom is -0.464 e. The van der Waals surface area contributed by atoms with Crippen molar-refractivity contribution in [3.63, 3.8) is 0 Å². The van der Waals surface area contributed by atoms with E-state index in [1.165, 1.54) is 30.6 Å². The number of pyridine rings is 1. The number of carbonyl (C=O) groups excluding carboxylic acids is 2. The predicted molar refractivity (Wildman–Crippen MR) is 96.0 cm³/mol. The van der Waals surface area contributed by atoms with E-state index in [-0.39, 0.29) is 5.69 Å². The fraction of sp³-hybridized carbons (Fsp3) is 0.389. The van der Waals surface area contributed by atoms with Crippen LogP contribution in [-0.4, -0.2) is 46.8 Å². The average Bonchev–Trinajstić information content (AvgIpc) is 2.59. The third-order valence-electron chi connectivity index (χ3n) is 3.41. The van der Waals surface area contributed by atoms with Crippen LogP contribution in [0.25, 0.3) is 11.4 Å². The summed E-state index contributed by atoms with van der Waals surface area (Å²) in [6, 6.07) is 1.76. The Balaban J connectivity index is 2.20. The molecule has 0 unspecified atom stereocenters. The molecule has 2 heterocycles. The van der Waals surface area contributed by atoms with Crippen molar-refractivity contribution in [1.29, 1.82) is 0 Å². The molecule has 0 saturated heterocycles. The third-order valence-corrected chi connectivity index (χ3v) is 3.41.